The number of aromatic hydroxyl groups is 1. The van der Waals surface area contributed by atoms with Crippen LogP contribution in [0, 0.1) is 0 Å². The number of carbonyl (C=O) groups excluding carboxylic acids is 10. The number of fused-ring (bicyclic) bond motifs is 1. The number of carbonyl (C=O) groups is 10. The number of amides is 10. The Kier molecular flexibility index (Phi) is 20.3. The number of aromatic nitrogens is 1. The van der Waals surface area contributed by atoms with Gasteiger partial charge in [-0.15, -0.1) is 0 Å². The molecule has 0 saturated carbocycles. The van der Waals surface area contributed by atoms with Crippen molar-refractivity contribution < 1.29 is 53.1 Å². The van der Waals surface area contributed by atoms with Gasteiger partial charge in [0.05, 0.1) is 6.54 Å². The van der Waals surface area contributed by atoms with E-state index in [1.807, 2.05) is 12.1 Å². The predicted molar refractivity (Wildman–Crippen MR) is 246 cm³/mol. The van der Waals surface area contributed by atoms with Gasteiger partial charge in [0.1, 0.15) is 42.0 Å². The zero-order valence-corrected chi connectivity index (χ0v) is 37.8. The third-order valence-corrected chi connectivity index (χ3v) is 11.3. The molecule has 0 radical (unpaired) electrons. The number of nitrogens with one attached hydrogen (secondary N) is 7. The Hall–Kier alpha value is -7.56. The number of phenolic OH excluding ortho intramolecular Hbond substituents is 1. The molecule has 368 valence electrons. The van der Waals surface area contributed by atoms with Crippen LogP contribution in [0.25, 0.3) is 10.9 Å². The summed E-state index contributed by atoms with van der Waals surface area (Å²) < 4.78 is 0. The number of rotatable bonds is 27. The Morgan fingerprint density at radius 1 is 0.721 bits per heavy atom. The highest BCUT2D eigenvalue weighted by molar-refractivity contribution is 5.98. The molecule has 2 aromatic carbocycles. The van der Waals surface area contributed by atoms with Crippen LogP contribution in [0.3, 0.4) is 0 Å². The predicted octanol–water partition coefficient (Wildman–Crippen LogP) is -2.64. The molecule has 23 heteroatoms. The average Bonchev–Trinajstić information content (AvgIpc) is 3.96. The minimum atomic E-state index is -1.40. The van der Waals surface area contributed by atoms with Gasteiger partial charge >= 0.3 is 0 Å². The van der Waals surface area contributed by atoms with Crippen molar-refractivity contribution >= 4 is 70.0 Å². The van der Waals surface area contributed by atoms with E-state index in [9.17, 15) is 53.1 Å². The molecule has 0 unspecified atom stereocenters. The van der Waals surface area contributed by atoms with Gasteiger partial charge in [-0.1, -0.05) is 30.3 Å². The lowest BCUT2D eigenvalue weighted by Crippen LogP contribution is -2.60. The first-order chi connectivity index (χ1) is 32.4. The molecule has 4 rings (SSSR count). The lowest BCUT2D eigenvalue weighted by atomic mass is 10.0. The monoisotopic (exact) mass is 946 g/mol. The summed E-state index contributed by atoms with van der Waals surface area (Å²) in [5.74, 6) is -7.61. The third kappa shape index (κ3) is 16.4. The van der Waals surface area contributed by atoms with Crippen LogP contribution in [0.15, 0.2) is 54.7 Å². The number of aromatic amines is 1. The van der Waals surface area contributed by atoms with Crippen LogP contribution in [0.5, 0.6) is 5.75 Å². The van der Waals surface area contributed by atoms with Crippen LogP contribution in [0.2, 0.25) is 0 Å². The molecule has 6 atom stereocenters. The molecule has 3 aromatic rings. The molecule has 1 saturated heterocycles. The molecule has 0 spiro atoms. The van der Waals surface area contributed by atoms with E-state index < -0.39 is 102 Å². The van der Waals surface area contributed by atoms with Gasteiger partial charge in [0.15, 0.2) is 0 Å². The van der Waals surface area contributed by atoms with Crippen LogP contribution < -0.4 is 54.8 Å². The number of phenols is 1. The highest BCUT2D eigenvalue weighted by Crippen LogP contribution is 2.23. The highest BCUT2D eigenvalue weighted by Gasteiger charge is 2.40. The molecule has 1 fully saturated rings. The fourth-order valence-electron chi connectivity index (χ4n) is 7.72. The molecule has 23 nitrogen and oxygen atoms in total. The van der Waals surface area contributed by atoms with Gasteiger partial charge in [0, 0.05) is 56.3 Å². The van der Waals surface area contributed by atoms with E-state index in [2.05, 4.69) is 36.9 Å². The van der Waals surface area contributed by atoms with Crippen molar-refractivity contribution in [3.8, 4) is 5.75 Å². The number of likely N-dealkylation sites (tertiary alicyclic amines) is 1. The molecule has 1 aliphatic rings. The number of nitrogens with zero attached hydrogens (tertiary/aromatic N) is 1. The summed E-state index contributed by atoms with van der Waals surface area (Å²) in [5, 5.41) is 26.1. The van der Waals surface area contributed by atoms with Crippen LogP contribution in [0.1, 0.15) is 75.8 Å². The Morgan fingerprint density at radius 2 is 1.32 bits per heavy atom. The number of hydrogen-bond acceptors (Lipinski definition) is 12. The van der Waals surface area contributed by atoms with Crippen molar-refractivity contribution in [2.75, 3.05) is 19.6 Å². The summed E-state index contributed by atoms with van der Waals surface area (Å²) in [7, 11) is 0. The first kappa shape index (κ1) is 53.1. The van der Waals surface area contributed by atoms with Crippen LogP contribution in [0.4, 0.5) is 0 Å². The summed E-state index contributed by atoms with van der Waals surface area (Å²) in [6, 6.07) is 5.14. The van der Waals surface area contributed by atoms with Gasteiger partial charge in [0.2, 0.25) is 59.1 Å². The number of nitrogens with two attached hydrogens (primary N) is 4. The molecule has 1 aromatic heterocycles. The van der Waals surface area contributed by atoms with Crippen molar-refractivity contribution in [3.63, 3.8) is 0 Å². The lowest BCUT2D eigenvalue weighted by Gasteiger charge is -2.31. The fraction of sp³-hybridized carbons (Fsp3) is 0.467. The van der Waals surface area contributed by atoms with Gasteiger partial charge in [-0.25, -0.2) is 0 Å². The second-order valence-corrected chi connectivity index (χ2v) is 16.6. The fourth-order valence-corrected chi connectivity index (χ4v) is 7.72. The SMILES string of the molecule is CC(=O)NCC(=O)N[C@@H](CCCCN)C(=O)N[C@@H](CCC(N)=O)C(=O)N1CCC[C@H]1C(=O)N[C@@H](Cc1c[nH]c2ccccc12)C(=O)N[C@@H](Cc1ccc(O)cc1)C(=O)N[C@@H](CCC(N)=O)C(N)=O. The molecule has 16 N–H and O–H groups in total. The molecule has 0 bridgehead atoms. The maximum Gasteiger partial charge on any atom is 0.245 e. The standard InChI is InChI=1S/C45H62N12O11/c1-25(58)50-24-39(62)52-32(9-4-5-19-46)41(64)54-33(16-18-38(48)61)45(68)57-20-6-10-36(57)44(67)56-35(22-27-23-51-30-8-3-2-7-29(27)30)43(66)55-34(21-26-11-13-28(59)14-12-26)42(65)53-31(40(49)63)15-17-37(47)60/h2-3,7-8,11-14,23,31-36,51,59H,4-6,9-10,15-22,24,46H2,1H3,(H2,47,60)(H2,48,61)(H2,49,63)(H,50,58)(H,52,62)(H,53,65)(H,54,64)(H,55,66)(H,56,67)/t31-,32-,33-,34-,35-,36-/m0/s1. The Bertz CT molecular complexity index is 2300. The zero-order chi connectivity index (χ0) is 49.9. The summed E-state index contributed by atoms with van der Waals surface area (Å²) in [5.41, 5.74) is 23.7. The maximum atomic E-state index is 14.5. The molecule has 10 amide bonds. The van der Waals surface area contributed by atoms with E-state index in [4.69, 9.17) is 22.9 Å². The summed E-state index contributed by atoms with van der Waals surface area (Å²) >= 11 is 0. The molecule has 2 heterocycles. The first-order valence-corrected chi connectivity index (χ1v) is 22.3. The van der Waals surface area contributed by atoms with Gasteiger partial charge in [-0.2, -0.15) is 0 Å². The van der Waals surface area contributed by atoms with Gasteiger partial charge in [0.25, 0.3) is 0 Å². The largest absolute Gasteiger partial charge is 0.508 e. The highest BCUT2D eigenvalue weighted by atomic mass is 16.3. The van der Waals surface area contributed by atoms with E-state index in [1.165, 1.54) is 36.1 Å². The topological polar surface area (TPSA) is 386 Å². The third-order valence-electron chi connectivity index (χ3n) is 11.3. The van der Waals surface area contributed by atoms with Crippen molar-refractivity contribution in [1.82, 2.24) is 41.8 Å². The van der Waals surface area contributed by atoms with Crippen LogP contribution >= 0.6 is 0 Å². The summed E-state index contributed by atoms with van der Waals surface area (Å²) in [4.78, 5) is 135. The second-order valence-electron chi connectivity index (χ2n) is 16.6. The van der Waals surface area contributed by atoms with E-state index in [0.29, 0.717) is 36.9 Å². The van der Waals surface area contributed by atoms with E-state index >= 15 is 0 Å². The molecular weight excluding hydrogens is 885 g/mol. The lowest BCUT2D eigenvalue weighted by molar-refractivity contribution is -0.143. The Morgan fingerprint density at radius 3 is 1.96 bits per heavy atom. The minimum absolute atomic E-state index is 0.0538. The van der Waals surface area contributed by atoms with Crippen molar-refractivity contribution in [2.45, 2.75) is 114 Å². The van der Waals surface area contributed by atoms with Gasteiger partial charge in [-0.05, 0) is 80.8 Å². The average molecular weight is 947 g/mol. The summed E-state index contributed by atoms with van der Waals surface area (Å²) in [6.45, 7) is 1.17. The van der Waals surface area contributed by atoms with Crippen molar-refractivity contribution in [2.24, 2.45) is 22.9 Å². The minimum Gasteiger partial charge on any atom is -0.508 e. The molecule has 1 aliphatic heterocycles. The number of primary amides is 3. The number of benzene rings is 2. The summed E-state index contributed by atoms with van der Waals surface area (Å²) in [6.07, 6.45) is 1.84. The number of H-pyrrole nitrogens is 1. The van der Waals surface area contributed by atoms with E-state index in [1.54, 1.807) is 18.3 Å². The molecule has 68 heavy (non-hydrogen) atoms. The van der Waals surface area contributed by atoms with Crippen LogP contribution in [-0.2, 0) is 60.8 Å². The first-order valence-electron chi connectivity index (χ1n) is 22.3. The molecule has 0 aliphatic carbocycles. The van der Waals surface area contributed by atoms with E-state index in [-0.39, 0.29) is 63.7 Å². The van der Waals surface area contributed by atoms with Crippen LogP contribution in [-0.4, -0.2) is 130 Å². The maximum absolute atomic E-state index is 14.5. The Labute approximate surface area is 392 Å². The number of hydrogen-bond donors (Lipinski definition) is 12. The Balaban J connectivity index is 1.63. The van der Waals surface area contributed by atoms with Gasteiger partial charge < -0.3 is 69.8 Å². The quantitative estimate of drug-likeness (QED) is 0.0349. The second kappa shape index (κ2) is 26.0. The zero-order valence-electron chi connectivity index (χ0n) is 37.8. The number of unbranched alkanes of at least 4 members (excludes halogenated alkanes) is 1. The van der Waals surface area contributed by atoms with Crippen molar-refractivity contribution in [1.29, 1.82) is 0 Å². The van der Waals surface area contributed by atoms with E-state index in [0.717, 1.165) is 10.9 Å². The smallest absolute Gasteiger partial charge is 0.245 e. The molecular formula is C45H62N12O11. The number of para-hydroxylation sites is 1. The normalized spacial score (nSPS) is 15.4. The van der Waals surface area contributed by atoms with Crippen molar-refractivity contribution in [3.05, 3.63) is 65.9 Å². The van der Waals surface area contributed by atoms with Gasteiger partial charge in [-0.3, -0.25) is 47.9 Å².